The molecule has 0 bridgehead atoms. The van der Waals surface area contributed by atoms with Gasteiger partial charge in [-0.05, 0) is 36.5 Å². The Morgan fingerprint density at radius 3 is 2.66 bits per heavy atom. The molecule has 3 N–H and O–H groups in total. The smallest absolute Gasteiger partial charge is 0.343 e. The summed E-state index contributed by atoms with van der Waals surface area (Å²) in [4.78, 5) is 27.7. The molecule has 2 heterocycles. The number of nitrogens with zero attached hydrogens (tertiary/aromatic N) is 3. The molecule has 1 aliphatic rings. The average molecular weight is 450 g/mol. The van der Waals surface area contributed by atoms with E-state index >= 15 is 0 Å². The van der Waals surface area contributed by atoms with Crippen LogP contribution in [0.25, 0.3) is 11.3 Å². The first kappa shape index (κ1) is 23.6. The molecule has 1 aromatic heterocycles. The van der Waals surface area contributed by atoms with Gasteiger partial charge in [0.2, 0.25) is 5.91 Å². The molecule has 1 atom stereocenters. The minimum absolute atomic E-state index is 0.0328. The second-order valence-electron chi connectivity index (χ2n) is 8.97. The number of fused-ring (bicyclic) bond motifs is 1. The van der Waals surface area contributed by atoms with Gasteiger partial charge in [-0.2, -0.15) is 9.78 Å². The third-order valence-corrected chi connectivity index (χ3v) is 5.43. The van der Waals surface area contributed by atoms with Crippen molar-refractivity contribution in [3.05, 3.63) is 35.5 Å². The minimum atomic E-state index is -0.905. The molecule has 0 fully saturated rings. The number of rotatable bonds is 5. The molecule has 0 radical (unpaired) electrons. The van der Waals surface area contributed by atoms with Crippen molar-refractivity contribution in [1.29, 1.82) is 0 Å². The van der Waals surface area contributed by atoms with E-state index in [9.17, 15) is 18.4 Å². The van der Waals surface area contributed by atoms with E-state index < -0.39 is 35.0 Å². The third kappa shape index (κ3) is 4.74. The summed E-state index contributed by atoms with van der Waals surface area (Å²) < 4.78 is 29.6. The zero-order valence-electron chi connectivity index (χ0n) is 18.7. The molecule has 1 aromatic carbocycles. The molecule has 0 aliphatic carbocycles. The van der Waals surface area contributed by atoms with Crippen LogP contribution in [-0.4, -0.2) is 59.6 Å². The molecule has 174 valence electrons. The lowest BCUT2D eigenvalue weighted by Crippen LogP contribution is -2.55. The Kier molecular flexibility index (Phi) is 6.82. The molecular weight excluding hydrogens is 420 g/mol. The van der Waals surface area contributed by atoms with Gasteiger partial charge in [-0.1, -0.05) is 20.8 Å². The van der Waals surface area contributed by atoms with Gasteiger partial charge < -0.3 is 20.6 Å². The minimum Gasteiger partial charge on any atom is -0.395 e. The van der Waals surface area contributed by atoms with Crippen LogP contribution >= 0.6 is 0 Å². The molecule has 2 aromatic rings. The average Bonchev–Trinajstić information content (AvgIpc) is 3.12. The maximum atomic E-state index is 14.5. The Morgan fingerprint density at radius 2 is 2.00 bits per heavy atom. The van der Waals surface area contributed by atoms with Gasteiger partial charge in [0, 0.05) is 25.7 Å². The number of aliphatic hydroxyl groups is 1. The van der Waals surface area contributed by atoms with Crippen molar-refractivity contribution in [2.75, 3.05) is 31.6 Å². The number of anilines is 1. The lowest BCUT2D eigenvalue weighted by Gasteiger charge is -2.30. The topological polar surface area (TPSA) is 99.5 Å². The Morgan fingerprint density at radius 1 is 1.28 bits per heavy atom. The van der Waals surface area contributed by atoms with Gasteiger partial charge >= 0.3 is 6.03 Å². The number of aliphatic hydroxyl groups excluding tert-OH is 1. The highest BCUT2D eigenvalue weighted by Crippen LogP contribution is 2.37. The molecular formula is C22H29F2N5O3. The summed E-state index contributed by atoms with van der Waals surface area (Å²) >= 11 is 0. The Hall–Kier alpha value is -3.01. The summed E-state index contributed by atoms with van der Waals surface area (Å²) in [5.74, 6) is -1.69. The number of amides is 2. The van der Waals surface area contributed by atoms with Crippen LogP contribution in [0.15, 0.2) is 18.2 Å². The van der Waals surface area contributed by atoms with E-state index in [4.69, 9.17) is 5.11 Å². The largest absolute Gasteiger partial charge is 0.395 e. The van der Waals surface area contributed by atoms with Crippen molar-refractivity contribution in [3.63, 3.8) is 0 Å². The van der Waals surface area contributed by atoms with E-state index in [1.54, 1.807) is 20.8 Å². The van der Waals surface area contributed by atoms with Crippen molar-refractivity contribution < 1.29 is 23.5 Å². The van der Waals surface area contributed by atoms with E-state index in [2.05, 4.69) is 15.7 Å². The molecule has 10 heteroatoms. The number of hydrogen-bond donors (Lipinski definition) is 3. The zero-order chi connectivity index (χ0) is 23.6. The monoisotopic (exact) mass is 449 g/mol. The predicted octanol–water partition coefficient (Wildman–Crippen LogP) is 2.29. The van der Waals surface area contributed by atoms with Crippen LogP contribution in [0.4, 0.5) is 19.3 Å². The summed E-state index contributed by atoms with van der Waals surface area (Å²) in [7, 11) is 1.81. The second kappa shape index (κ2) is 9.23. The van der Waals surface area contributed by atoms with Crippen molar-refractivity contribution in [1.82, 2.24) is 20.4 Å². The van der Waals surface area contributed by atoms with Crippen molar-refractivity contribution >= 4 is 17.6 Å². The van der Waals surface area contributed by atoms with Crippen LogP contribution in [0.2, 0.25) is 0 Å². The van der Waals surface area contributed by atoms with Gasteiger partial charge in [0.25, 0.3) is 0 Å². The quantitative estimate of drug-likeness (QED) is 0.651. The predicted molar refractivity (Wildman–Crippen MR) is 116 cm³/mol. The van der Waals surface area contributed by atoms with Crippen LogP contribution < -0.4 is 15.5 Å². The Labute approximate surface area is 185 Å². The van der Waals surface area contributed by atoms with Crippen LogP contribution in [0.5, 0.6) is 0 Å². The van der Waals surface area contributed by atoms with E-state index in [0.717, 1.165) is 29.3 Å². The number of benzene rings is 1. The Balaban J connectivity index is 2.03. The standard InChI is InChI=1S/C22H29F2N5O3/c1-22(2,3)19(20(31)25-9-11-30)26-21(32)29-16-6-5-10-28(4)18(16)17(27-29)14-12-13(23)7-8-15(14)24/h7-8,12,19,30H,5-6,9-11H2,1-4H3,(H,25,31)(H,26,32)/t19-/m1/s1. The highest BCUT2D eigenvalue weighted by molar-refractivity contribution is 5.90. The van der Waals surface area contributed by atoms with Crippen LogP contribution in [-0.2, 0) is 11.2 Å². The van der Waals surface area contributed by atoms with E-state index in [-0.39, 0.29) is 24.4 Å². The number of carbonyl (C=O) groups excluding carboxylic acids is 2. The molecule has 1 aliphatic heterocycles. The molecule has 0 spiro atoms. The maximum absolute atomic E-state index is 14.5. The SMILES string of the molecule is CN1CCCc2c1c(-c1cc(F)ccc1F)nn2C(=O)N[C@H](C(=O)NCCO)C(C)(C)C. The summed E-state index contributed by atoms with van der Waals surface area (Å²) in [5, 5.41) is 18.6. The normalized spacial score (nSPS) is 14.7. The molecule has 0 saturated heterocycles. The van der Waals surface area contributed by atoms with Gasteiger partial charge in [-0.15, -0.1) is 0 Å². The van der Waals surface area contributed by atoms with Gasteiger partial charge in [0.1, 0.15) is 23.4 Å². The number of nitrogens with one attached hydrogen (secondary N) is 2. The maximum Gasteiger partial charge on any atom is 0.343 e. The summed E-state index contributed by atoms with van der Waals surface area (Å²) in [5.41, 5.74) is 0.642. The zero-order valence-corrected chi connectivity index (χ0v) is 18.7. The molecule has 2 amide bonds. The Bertz CT molecular complexity index is 1020. The fraction of sp³-hybridized carbons (Fsp3) is 0.500. The van der Waals surface area contributed by atoms with Gasteiger partial charge in [0.05, 0.1) is 18.0 Å². The molecule has 0 saturated carbocycles. The molecule has 3 rings (SSSR count). The fourth-order valence-corrected chi connectivity index (χ4v) is 3.84. The lowest BCUT2D eigenvalue weighted by atomic mass is 9.86. The van der Waals surface area contributed by atoms with Crippen molar-refractivity contribution in [2.45, 2.75) is 39.7 Å². The number of halogens is 2. The molecule has 8 nitrogen and oxygen atoms in total. The highest BCUT2D eigenvalue weighted by atomic mass is 19.1. The second-order valence-corrected chi connectivity index (χ2v) is 8.97. The summed E-state index contributed by atoms with van der Waals surface area (Å²) in [6.07, 6.45) is 1.28. The fourth-order valence-electron chi connectivity index (χ4n) is 3.84. The van der Waals surface area contributed by atoms with E-state index in [1.807, 2.05) is 11.9 Å². The van der Waals surface area contributed by atoms with E-state index in [1.165, 1.54) is 0 Å². The van der Waals surface area contributed by atoms with Gasteiger partial charge in [0.15, 0.2) is 0 Å². The third-order valence-electron chi connectivity index (χ3n) is 5.43. The number of aromatic nitrogens is 2. The van der Waals surface area contributed by atoms with Crippen LogP contribution in [0, 0.1) is 17.0 Å². The first-order valence-electron chi connectivity index (χ1n) is 10.5. The molecule has 32 heavy (non-hydrogen) atoms. The number of hydrogen-bond acceptors (Lipinski definition) is 5. The van der Waals surface area contributed by atoms with Crippen molar-refractivity contribution in [3.8, 4) is 11.3 Å². The van der Waals surface area contributed by atoms with Crippen LogP contribution in [0.1, 0.15) is 32.9 Å². The highest BCUT2D eigenvalue weighted by Gasteiger charge is 2.35. The summed E-state index contributed by atoms with van der Waals surface area (Å²) in [6, 6.07) is 1.57. The van der Waals surface area contributed by atoms with Gasteiger partial charge in [-0.3, -0.25) is 4.79 Å². The van der Waals surface area contributed by atoms with E-state index in [0.29, 0.717) is 24.3 Å². The van der Waals surface area contributed by atoms with Crippen LogP contribution in [0.3, 0.4) is 0 Å². The summed E-state index contributed by atoms with van der Waals surface area (Å²) in [6.45, 7) is 5.92. The van der Waals surface area contributed by atoms with Gasteiger partial charge in [-0.25, -0.2) is 13.6 Å². The lowest BCUT2D eigenvalue weighted by molar-refractivity contribution is -0.125. The number of carbonyl (C=O) groups is 2. The van der Waals surface area contributed by atoms with Crippen molar-refractivity contribution in [2.24, 2.45) is 5.41 Å². The first-order chi connectivity index (χ1) is 15.0. The molecule has 0 unspecified atom stereocenters. The first-order valence-corrected chi connectivity index (χ1v) is 10.5.